The minimum atomic E-state index is 0.590. The van der Waals surface area contributed by atoms with Crippen molar-refractivity contribution in [3.05, 3.63) is 12.7 Å². The van der Waals surface area contributed by atoms with E-state index in [-0.39, 0.29) is 0 Å². The van der Waals surface area contributed by atoms with Gasteiger partial charge in [-0.1, -0.05) is 38.1 Å². The number of rotatable bonds is 6. The minimum Gasteiger partial charge on any atom is -0.103 e. The molecule has 0 aliphatic rings. The molecule has 0 aromatic carbocycles. The third-order valence-electron chi connectivity index (χ3n) is 1.59. The molecule has 0 rings (SSSR count). The van der Waals surface area contributed by atoms with Crippen LogP contribution in [0.3, 0.4) is 0 Å². The van der Waals surface area contributed by atoms with E-state index >= 15 is 0 Å². The number of unbranched alkanes of at least 4 members (excludes halogenated alkanes) is 1. The first-order valence-corrected chi connectivity index (χ1v) is 4.38. The fourth-order valence-corrected chi connectivity index (χ4v) is 1.17. The van der Waals surface area contributed by atoms with Crippen LogP contribution >= 0.6 is 12.2 Å². The summed E-state index contributed by atoms with van der Waals surface area (Å²) in [6, 6.07) is 0. The third kappa shape index (κ3) is 4.68. The van der Waals surface area contributed by atoms with Crippen molar-refractivity contribution in [3.8, 4) is 0 Å². The summed E-state index contributed by atoms with van der Waals surface area (Å²) < 4.78 is 0. The van der Waals surface area contributed by atoms with Gasteiger partial charge in [0.05, 0.1) is 0 Å². The van der Waals surface area contributed by atoms with E-state index in [1.807, 2.05) is 11.4 Å². The maximum absolute atomic E-state index is 4.88. The molecule has 10 heavy (non-hydrogen) atoms. The van der Waals surface area contributed by atoms with E-state index in [4.69, 9.17) is 12.2 Å². The van der Waals surface area contributed by atoms with E-state index in [9.17, 15) is 0 Å². The SMILES string of the molecule is C=CCC(C=S)CCCC. The molecule has 0 heterocycles. The summed E-state index contributed by atoms with van der Waals surface area (Å²) in [5.41, 5.74) is 0. The molecule has 1 atom stereocenters. The third-order valence-corrected chi connectivity index (χ3v) is 1.98. The molecular weight excluding hydrogens is 140 g/mol. The Morgan fingerprint density at radius 2 is 2.30 bits per heavy atom. The highest BCUT2D eigenvalue weighted by Gasteiger charge is 1.99. The highest BCUT2D eigenvalue weighted by Crippen LogP contribution is 2.10. The molecule has 0 saturated heterocycles. The Balaban J connectivity index is 3.38. The summed E-state index contributed by atoms with van der Waals surface area (Å²) in [7, 11) is 0. The van der Waals surface area contributed by atoms with E-state index < -0.39 is 0 Å². The molecule has 0 radical (unpaired) electrons. The second-order valence-corrected chi connectivity index (χ2v) is 2.83. The second-order valence-electron chi connectivity index (χ2n) is 2.56. The van der Waals surface area contributed by atoms with Crippen molar-refractivity contribution in [2.24, 2.45) is 5.92 Å². The number of allylic oxidation sites excluding steroid dienone is 1. The Labute approximate surface area is 69.3 Å². The smallest absolute Gasteiger partial charge is 0.00940 e. The first-order chi connectivity index (χ1) is 4.85. The Morgan fingerprint density at radius 3 is 2.70 bits per heavy atom. The largest absolute Gasteiger partial charge is 0.103 e. The molecule has 0 nitrogen and oxygen atoms in total. The fourth-order valence-electron chi connectivity index (χ4n) is 0.922. The molecule has 0 aliphatic heterocycles. The van der Waals surface area contributed by atoms with Gasteiger partial charge in [0.2, 0.25) is 0 Å². The number of hydrogen-bond donors (Lipinski definition) is 0. The van der Waals surface area contributed by atoms with Crippen LogP contribution in [0, 0.1) is 5.92 Å². The van der Waals surface area contributed by atoms with E-state index in [1.54, 1.807) is 0 Å². The summed E-state index contributed by atoms with van der Waals surface area (Å²) in [4.78, 5) is 0. The quantitative estimate of drug-likeness (QED) is 0.420. The van der Waals surface area contributed by atoms with E-state index in [1.165, 1.54) is 19.3 Å². The predicted octanol–water partition coefficient (Wildman–Crippen LogP) is 3.37. The van der Waals surface area contributed by atoms with Gasteiger partial charge < -0.3 is 0 Å². The Morgan fingerprint density at radius 1 is 1.60 bits per heavy atom. The zero-order valence-electron chi connectivity index (χ0n) is 6.68. The lowest BCUT2D eigenvalue weighted by molar-refractivity contribution is 0.602. The van der Waals surface area contributed by atoms with Crippen LogP contribution in [0.25, 0.3) is 0 Å². The lowest BCUT2D eigenvalue weighted by Crippen LogP contribution is -1.98. The molecule has 1 heteroatoms. The van der Waals surface area contributed by atoms with E-state index in [0.29, 0.717) is 5.92 Å². The van der Waals surface area contributed by atoms with Crippen LogP contribution in [0.15, 0.2) is 12.7 Å². The van der Waals surface area contributed by atoms with Crippen molar-refractivity contribution in [3.63, 3.8) is 0 Å². The fraction of sp³-hybridized carbons (Fsp3) is 0.667. The maximum Gasteiger partial charge on any atom is -0.00940 e. The van der Waals surface area contributed by atoms with Crippen molar-refractivity contribution in [1.29, 1.82) is 0 Å². The van der Waals surface area contributed by atoms with Crippen LogP contribution in [0.1, 0.15) is 32.6 Å². The lowest BCUT2D eigenvalue weighted by Gasteiger charge is -2.05. The van der Waals surface area contributed by atoms with Crippen LogP contribution in [-0.4, -0.2) is 5.37 Å². The predicted molar refractivity (Wildman–Crippen MR) is 51.5 cm³/mol. The van der Waals surface area contributed by atoms with Gasteiger partial charge in [-0.25, -0.2) is 0 Å². The van der Waals surface area contributed by atoms with Gasteiger partial charge in [0.25, 0.3) is 0 Å². The molecule has 58 valence electrons. The standard InChI is InChI=1S/C9H16S/c1-3-5-7-9(8-10)6-4-2/h4,8-9H,2-3,5-7H2,1H3. The summed E-state index contributed by atoms with van der Waals surface area (Å²) in [5.74, 6) is 0.590. The van der Waals surface area contributed by atoms with Gasteiger partial charge in [0, 0.05) is 0 Å². The summed E-state index contributed by atoms with van der Waals surface area (Å²) in [6.07, 6.45) is 6.76. The Bertz CT molecular complexity index is 96.9. The van der Waals surface area contributed by atoms with Crippen molar-refractivity contribution in [1.82, 2.24) is 0 Å². The average molecular weight is 156 g/mol. The van der Waals surface area contributed by atoms with Crippen molar-refractivity contribution in [2.45, 2.75) is 32.6 Å². The first-order valence-electron chi connectivity index (χ1n) is 3.91. The van der Waals surface area contributed by atoms with Crippen molar-refractivity contribution >= 4 is 17.6 Å². The van der Waals surface area contributed by atoms with Gasteiger partial charge in [-0.15, -0.1) is 6.58 Å². The molecule has 0 aromatic rings. The van der Waals surface area contributed by atoms with E-state index in [0.717, 1.165) is 6.42 Å². The van der Waals surface area contributed by atoms with Crippen LogP contribution in [0.4, 0.5) is 0 Å². The monoisotopic (exact) mass is 156 g/mol. The van der Waals surface area contributed by atoms with Crippen LogP contribution < -0.4 is 0 Å². The summed E-state index contributed by atoms with van der Waals surface area (Å²) in [5, 5.41) is 1.87. The Hall–Kier alpha value is -0.170. The zero-order valence-corrected chi connectivity index (χ0v) is 7.49. The van der Waals surface area contributed by atoms with Gasteiger partial charge in [0.1, 0.15) is 0 Å². The Kier molecular flexibility index (Phi) is 6.83. The van der Waals surface area contributed by atoms with E-state index in [2.05, 4.69) is 13.5 Å². The molecule has 0 spiro atoms. The average Bonchev–Trinajstić information content (AvgIpc) is 1.98. The van der Waals surface area contributed by atoms with Crippen LogP contribution in [-0.2, 0) is 0 Å². The highest BCUT2D eigenvalue weighted by atomic mass is 32.1. The molecule has 0 fully saturated rings. The first kappa shape index (κ1) is 9.83. The van der Waals surface area contributed by atoms with Crippen molar-refractivity contribution in [2.75, 3.05) is 0 Å². The normalized spacial score (nSPS) is 12.5. The molecule has 0 amide bonds. The van der Waals surface area contributed by atoms with Gasteiger partial charge in [-0.2, -0.15) is 0 Å². The van der Waals surface area contributed by atoms with Crippen molar-refractivity contribution < 1.29 is 0 Å². The van der Waals surface area contributed by atoms with Gasteiger partial charge >= 0.3 is 0 Å². The zero-order chi connectivity index (χ0) is 7.82. The van der Waals surface area contributed by atoms with Gasteiger partial charge in [0.15, 0.2) is 0 Å². The minimum absolute atomic E-state index is 0.590. The molecule has 1 unspecified atom stereocenters. The molecule has 0 aliphatic carbocycles. The molecule has 0 N–H and O–H groups in total. The van der Waals surface area contributed by atoms with Crippen LogP contribution in [0.2, 0.25) is 0 Å². The highest BCUT2D eigenvalue weighted by molar-refractivity contribution is 7.79. The lowest BCUT2D eigenvalue weighted by atomic mass is 10.0. The number of hydrogen-bond acceptors (Lipinski definition) is 1. The number of thiocarbonyl (C=S) groups is 1. The molecule has 0 aromatic heterocycles. The maximum atomic E-state index is 4.88. The van der Waals surface area contributed by atoms with Crippen LogP contribution in [0.5, 0.6) is 0 Å². The van der Waals surface area contributed by atoms with Gasteiger partial charge in [-0.3, -0.25) is 0 Å². The molecule has 0 bridgehead atoms. The second kappa shape index (κ2) is 6.94. The topological polar surface area (TPSA) is 0 Å². The van der Waals surface area contributed by atoms with Gasteiger partial charge in [-0.05, 0) is 24.1 Å². The summed E-state index contributed by atoms with van der Waals surface area (Å²) in [6.45, 7) is 5.89. The molecule has 0 saturated carbocycles. The molecular formula is C9H16S. The summed E-state index contributed by atoms with van der Waals surface area (Å²) >= 11 is 4.88.